The lowest BCUT2D eigenvalue weighted by atomic mass is 10.1. The molecule has 1 fully saturated rings. The first-order valence-corrected chi connectivity index (χ1v) is 12.0. The Morgan fingerprint density at radius 1 is 1.09 bits per heavy atom. The van der Waals surface area contributed by atoms with Gasteiger partial charge in [-0.3, -0.25) is 4.55 Å². The number of thiophene rings is 1. The Labute approximate surface area is 190 Å². The predicted molar refractivity (Wildman–Crippen MR) is 116 cm³/mol. The van der Waals surface area contributed by atoms with Gasteiger partial charge in [-0.2, -0.15) is 26.7 Å². The van der Waals surface area contributed by atoms with Gasteiger partial charge in [-0.25, -0.2) is 9.50 Å². The van der Waals surface area contributed by atoms with Crippen LogP contribution in [0.25, 0.3) is 16.9 Å². The molecule has 0 amide bonds. The van der Waals surface area contributed by atoms with Crippen molar-refractivity contribution in [2.24, 2.45) is 0 Å². The van der Waals surface area contributed by atoms with Crippen LogP contribution in [0.3, 0.4) is 0 Å². The number of alkyl halides is 3. The highest BCUT2D eigenvalue weighted by Gasteiger charge is 2.31. The third-order valence-electron chi connectivity index (χ3n) is 5.16. The van der Waals surface area contributed by atoms with Crippen molar-refractivity contribution in [3.63, 3.8) is 0 Å². The van der Waals surface area contributed by atoms with Crippen molar-refractivity contribution in [1.82, 2.24) is 14.6 Å². The Morgan fingerprint density at radius 3 is 2.42 bits per heavy atom. The van der Waals surface area contributed by atoms with Gasteiger partial charge in [0.1, 0.15) is 4.21 Å². The highest BCUT2D eigenvalue weighted by atomic mass is 32.3. The van der Waals surface area contributed by atoms with Crippen molar-refractivity contribution >= 4 is 27.1 Å². The maximum absolute atomic E-state index is 12.9. The van der Waals surface area contributed by atoms with Crippen LogP contribution in [0.1, 0.15) is 40.5 Å². The lowest BCUT2D eigenvalue weighted by molar-refractivity contribution is -0.137. The van der Waals surface area contributed by atoms with Crippen molar-refractivity contribution in [2.75, 3.05) is 0 Å². The van der Waals surface area contributed by atoms with E-state index in [4.69, 9.17) is 4.55 Å². The second kappa shape index (κ2) is 7.69. The number of fused-ring (bicyclic) bond motifs is 1. The van der Waals surface area contributed by atoms with Crippen LogP contribution in [0.4, 0.5) is 13.2 Å². The summed E-state index contributed by atoms with van der Waals surface area (Å²) in [5.41, 5.74) is 2.20. The minimum atomic E-state index is -4.42. The molecule has 0 atom stereocenters. The molecule has 0 bridgehead atoms. The van der Waals surface area contributed by atoms with E-state index in [0.29, 0.717) is 33.3 Å². The molecule has 3 aromatic heterocycles. The van der Waals surface area contributed by atoms with E-state index in [9.17, 15) is 21.6 Å². The molecule has 168 valence electrons. The van der Waals surface area contributed by atoms with E-state index in [2.05, 4.69) is 21.9 Å². The average Bonchev–Trinajstić information content (AvgIpc) is 3.34. The number of rotatable bonds is 3. The van der Waals surface area contributed by atoms with Crippen molar-refractivity contribution in [2.45, 2.75) is 29.1 Å². The summed E-state index contributed by atoms with van der Waals surface area (Å²) in [6, 6.07) is 9.44. The smallest absolute Gasteiger partial charge is 0.281 e. The number of aromatic nitrogens is 3. The molecule has 33 heavy (non-hydrogen) atoms. The van der Waals surface area contributed by atoms with E-state index >= 15 is 0 Å². The monoisotopic (exact) mass is 489 g/mol. The summed E-state index contributed by atoms with van der Waals surface area (Å²) < 4.78 is 71.9. The Balaban J connectivity index is 1.57. The molecule has 1 aromatic carbocycles. The molecule has 1 saturated carbocycles. The Hall–Kier alpha value is -3.20. The first kappa shape index (κ1) is 21.6. The second-order valence-corrected chi connectivity index (χ2v) is 10.3. The molecule has 5 rings (SSSR count). The van der Waals surface area contributed by atoms with Gasteiger partial charge in [-0.05, 0) is 43.2 Å². The highest BCUT2D eigenvalue weighted by Crippen LogP contribution is 2.41. The van der Waals surface area contributed by atoms with Crippen LogP contribution >= 0.6 is 11.3 Å². The van der Waals surface area contributed by atoms with Gasteiger partial charge in [0, 0.05) is 17.2 Å². The van der Waals surface area contributed by atoms with Crippen LogP contribution in [-0.2, 0) is 16.3 Å². The fourth-order valence-corrected chi connectivity index (χ4v) is 4.90. The topological polar surface area (TPSA) is 84.6 Å². The van der Waals surface area contributed by atoms with Gasteiger partial charge >= 0.3 is 16.3 Å². The predicted octanol–water partition coefficient (Wildman–Crippen LogP) is 5.00. The van der Waals surface area contributed by atoms with Gasteiger partial charge < -0.3 is 0 Å². The molecule has 11 heteroatoms. The van der Waals surface area contributed by atoms with E-state index in [-0.39, 0.29) is 4.21 Å². The zero-order chi connectivity index (χ0) is 23.4. The molecule has 6 nitrogen and oxygen atoms in total. The number of hydrogen-bond donors (Lipinski definition) is 1. The van der Waals surface area contributed by atoms with Gasteiger partial charge in [-0.1, -0.05) is 24.0 Å². The third-order valence-corrected chi connectivity index (χ3v) is 7.48. The molecule has 3 heterocycles. The van der Waals surface area contributed by atoms with Crippen molar-refractivity contribution in [3.8, 4) is 23.1 Å². The zero-order valence-electron chi connectivity index (χ0n) is 16.7. The summed E-state index contributed by atoms with van der Waals surface area (Å²) >= 11 is 0.837. The molecule has 0 saturated heterocycles. The lowest BCUT2D eigenvalue weighted by Crippen LogP contribution is -2.04. The Morgan fingerprint density at radius 2 is 1.82 bits per heavy atom. The molecular weight excluding hydrogens is 475 g/mol. The van der Waals surface area contributed by atoms with Gasteiger partial charge in [0.05, 0.1) is 27.9 Å². The van der Waals surface area contributed by atoms with Crippen molar-refractivity contribution in [3.05, 3.63) is 70.4 Å². The third kappa shape index (κ3) is 4.37. The van der Waals surface area contributed by atoms with Crippen LogP contribution in [0.15, 0.2) is 52.9 Å². The fourth-order valence-electron chi connectivity index (χ4n) is 3.38. The van der Waals surface area contributed by atoms with Crippen LogP contribution in [-0.4, -0.2) is 27.6 Å². The quantitative estimate of drug-likeness (QED) is 0.323. The lowest BCUT2D eigenvalue weighted by Gasteiger charge is -2.10. The number of hydrogen-bond acceptors (Lipinski definition) is 5. The maximum Gasteiger partial charge on any atom is 0.416 e. The summed E-state index contributed by atoms with van der Waals surface area (Å²) in [6.45, 7) is 0. The average molecular weight is 490 g/mol. The highest BCUT2D eigenvalue weighted by molar-refractivity contribution is 7.88. The summed E-state index contributed by atoms with van der Waals surface area (Å²) in [4.78, 5) is 5.04. The second-order valence-electron chi connectivity index (χ2n) is 7.55. The van der Waals surface area contributed by atoms with Crippen molar-refractivity contribution in [1.29, 1.82) is 0 Å². The largest absolute Gasteiger partial charge is 0.416 e. The Kier molecular flexibility index (Phi) is 5.04. The maximum atomic E-state index is 12.9. The summed E-state index contributed by atoms with van der Waals surface area (Å²) in [5, 5.41) is 4.39. The minimum absolute atomic E-state index is 0.203. The zero-order valence-corrected chi connectivity index (χ0v) is 18.3. The van der Waals surface area contributed by atoms with Gasteiger partial charge in [0.25, 0.3) is 0 Å². The molecule has 1 aliphatic carbocycles. The molecule has 0 unspecified atom stereocenters. The summed E-state index contributed by atoms with van der Waals surface area (Å²) in [6.07, 6.45) is -0.893. The molecule has 0 spiro atoms. The molecular formula is C22H14F3N3O3S2. The van der Waals surface area contributed by atoms with E-state index in [0.717, 1.165) is 42.0 Å². The van der Waals surface area contributed by atoms with Gasteiger partial charge in [-0.15, -0.1) is 11.3 Å². The van der Waals surface area contributed by atoms with Crippen LogP contribution in [0.5, 0.6) is 0 Å². The Bertz CT molecular complexity index is 1540. The molecule has 1 N–H and O–H groups in total. The fraction of sp³-hybridized carbons (Fsp3) is 0.182. The van der Waals surface area contributed by atoms with E-state index in [1.165, 1.54) is 24.3 Å². The van der Waals surface area contributed by atoms with Crippen LogP contribution < -0.4 is 0 Å². The first-order valence-electron chi connectivity index (χ1n) is 9.75. The molecule has 0 aliphatic heterocycles. The van der Waals surface area contributed by atoms with Crippen molar-refractivity contribution < 1.29 is 26.1 Å². The summed E-state index contributed by atoms with van der Waals surface area (Å²) in [5.74, 6) is 6.08. The standard InChI is InChI=1S/C22H14F3N3O3S2/c23-22(24,25)16-6-3-13(4-7-16)18-11-19(14-1-2-14)28-21(27-18)15(12-26-28)5-8-17-9-10-20(32-17)33(29,30)31/h3-4,6-7,9-12,14H,1-2H2,(H,29,30,31). The normalized spacial score (nSPS) is 14.3. The van der Waals surface area contributed by atoms with E-state index < -0.39 is 21.9 Å². The van der Waals surface area contributed by atoms with E-state index in [1.54, 1.807) is 10.7 Å². The minimum Gasteiger partial charge on any atom is -0.281 e. The number of halogens is 3. The SMILES string of the molecule is O=S(=O)(O)c1ccc(C#Cc2cnn3c(C4CC4)cc(-c4ccc(C(F)(F)F)cc4)nc23)s1. The van der Waals surface area contributed by atoms with Crippen LogP contribution in [0.2, 0.25) is 0 Å². The number of nitrogens with zero attached hydrogens (tertiary/aromatic N) is 3. The molecule has 4 aromatic rings. The number of benzene rings is 1. The molecule has 1 aliphatic rings. The summed E-state index contributed by atoms with van der Waals surface area (Å²) in [7, 11) is -4.29. The van der Waals surface area contributed by atoms with Crippen LogP contribution in [0, 0.1) is 11.8 Å². The first-order chi connectivity index (χ1) is 15.6. The van der Waals surface area contributed by atoms with Gasteiger partial charge in [0.15, 0.2) is 5.65 Å². The van der Waals surface area contributed by atoms with E-state index in [1.807, 2.05) is 6.07 Å². The van der Waals surface area contributed by atoms with Gasteiger partial charge in [0.2, 0.25) is 0 Å². The molecule has 0 radical (unpaired) electrons.